The molecule has 4 nitrogen and oxygen atoms in total. The number of halogens is 1. The number of ketones is 1. The molecule has 0 aromatic heterocycles. The molecule has 5 rings (SSSR count). The van der Waals surface area contributed by atoms with Crippen LogP contribution in [0.1, 0.15) is 45.9 Å². The lowest BCUT2D eigenvalue weighted by atomic mass is 9.67. The van der Waals surface area contributed by atoms with Crippen molar-refractivity contribution >= 4 is 11.4 Å². The van der Waals surface area contributed by atoms with Crippen molar-refractivity contribution in [3.63, 3.8) is 0 Å². The molecule has 3 atom stereocenters. The quantitative estimate of drug-likeness (QED) is 0.503. The number of hydrogen-bond acceptors (Lipinski definition) is 4. The molecule has 160 valence electrons. The van der Waals surface area contributed by atoms with Gasteiger partial charge in [-0.3, -0.25) is 4.79 Å². The highest BCUT2D eigenvalue weighted by molar-refractivity contribution is 6.01. The van der Waals surface area contributed by atoms with Gasteiger partial charge in [0.1, 0.15) is 11.9 Å². The zero-order chi connectivity index (χ0) is 23.2. The van der Waals surface area contributed by atoms with E-state index in [1.165, 1.54) is 12.1 Å². The van der Waals surface area contributed by atoms with Crippen LogP contribution in [0, 0.1) is 33.9 Å². The summed E-state index contributed by atoms with van der Waals surface area (Å²) >= 11 is 0. The smallest absolute Gasteiger partial charge is 0.185 e. The summed E-state index contributed by atoms with van der Waals surface area (Å²) in [5.41, 5.74) is 2.06. The predicted octanol–water partition coefficient (Wildman–Crippen LogP) is 5.63. The molecule has 1 fully saturated rings. The maximum atomic E-state index is 14.3. The normalized spacial score (nSPS) is 22.4. The minimum Gasteiger partial charge on any atom is -0.356 e. The number of benzene rings is 3. The van der Waals surface area contributed by atoms with Crippen LogP contribution in [0.15, 0.2) is 85.1 Å². The molecule has 2 heterocycles. The summed E-state index contributed by atoms with van der Waals surface area (Å²) in [7, 11) is 0. The van der Waals surface area contributed by atoms with Gasteiger partial charge in [0.15, 0.2) is 11.2 Å². The van der Waals surface area contributed by atoms with E-state index in [0.717, 1.165) is 16.7 Å². The first-order chi connectivity index (χ1) is 16.0. The van der Waals surface area contributed by atoms with E-state index < -0.39 is 29.2 Å². The van der Waals surface area contributed by atoms with Gasteiger partial charge in [-0.25, -0.2) is 4.39 Å². The van der Waals surface area contributed by atoms with Crippen LogP contribution in [-0.4, -0.2) is 16.7 Å². The Bertz CT molecular complexity index is 1350. The second-order valence-corrected chi connectivity index (χ2v) is 8.55. The SMILES string of the molecule is CC1=CN2[C@H](C(=O)c3ccccc3)[C@H](c3cccc(F)c3)C(C#N)(C#N)[C@H]2c2ccccc21. The van der Waals surface area contributed by atoms with Crippen molar-refractivity contribution in [3.8, 4) is 12.1 Å². The Hall–Kier alpha value is -4.22. The minimum atomic E-state index is -1.60. The first kappa shape index (κ1) is 20.7. The zero-order valence-electron chi connectivity index (χ0n) is 17.9. The molecular formula is C28H20FN3O. The van der Waals surface area contributed by atoms with Crippen molar-refractivity contribution in [1.82, 2.24) is 4.90 Å². The number of Topliss-reactive ketones (excluding diaryl/α,β-unsaturated/α-hetero) is 1. The van der Waals surface area contributed by atoms with Crippen molar-refractivity contribution < 1.29 is 9.18 Å². The summed E-state index contributed by atoms with van der Waals surface area (Å²) in [6.45, 7) is 1.95. The fourth-order valence-corrected chi connectivity index (χ4v) is 5.43. The molecule has 3 aromatic carbocycles. The van der Waals surface area contributed by atoms with E-state index in [2.05, 4.69) is 12.1 Å². The molecule has 1 saturated heterocycles. The van der Waals surface area contributed by atoms with Crippen LogP contribution in [0.25, 0.3) is 5.57 Å². The highest BCUT2D eigenvalue weighted by Crippen LogP contribution is 2.60. The Kier molecular flexibility index (Phi) is 4.84. The van der Waals surface area contributed by atoms with Crippen LogP contribution >= 0.6 is 0 Å². The predicted molar refractivity (Wildman–Crippen MR) is 122 cm³/mol. The van der Waals surface area contributed by atoms with Gasteiger partial charge in [0, 0.05) is 17.7 Å². The number of fused-ring (bicyclic) bond motifs is 3. The molecule has 2 aliphatic heterocycles. The topological polar surface area (TPSA) is 67.9 Å². The Morgan fingerprint density at radius 2 is 1.67 bits per heavy atom. The number of rotatable bonds is 3. The zero-order valence-corrected chi connectivity index (χ0v) is 17.9. The molecule has 0 bridgehead atoms. The second kappa shape index (κ2) is 7.73. The molecule has 33 heavy (non-hydrogen) atoms. The fraction of sp³-hybridized carbons (Fsp3) is 0.179. The van der Waals surface area contributed by atoms with Gasteiger partial charge in [0.2, 0.25) is 0 Å². The lowest BCUT2D eigenvalue weighted by Crippen LogP contribution is -2.38. The van der Waals surface area contributed by atoms with Crippen LogP contribution in [0.3, 0.4) is 0 Å². The first-order valence-electron chi connectivity index (χ1n) is 10.7. The highest BCUT2D eigenvalue weighted by atomic mass is 19.1. The summed E-state index contributed by atoms with van der Waals surface area (Å²) in [6, 6.07) is 25.5. The summed E-state index contributed by atoms with van der Waals surface area (Å²) in [6.07, 6.45) is 1.88. The molecule has 0 radical (unpaired) electrons. The Balaban J connectivity index is 1.81. The maximum absolute atomic E-state index is 14.3. The Labute approximate surface area is 191 Å². The lowest BCUT2D eigenvalue weighted by Gasteiger charge is -2.36. The monoisotopic (exact) mass is 433 g/mol. The third-order valence-corrected chi connectivity index (χ3v) is 6.78. The van der Waals surface area contributed by atoms with Crippen molar-refractivity contribution in [1.29, 1.82) is 10.5 Å². The van der Waals surface area contributed by atoms with E-state index in [9.17, 15) is 19.7 Å². The number of nitrogens with zero attached hydrogens (tertiary/aromatic N) is 3. The van der Waals surface area contributed by atoms with Crippen LogP contribution in [-0.2, 0) is 0 Å². The second-order valence-electron chi connectivity index (χ2n) is 8.55. The first-order valence-corrected chi connectivity index (χ1v) is 10.7. The molecule has 0 amide bonds. The number of nitriles is 2. The Morgan fingerprint density at radius 1 is 0.970 bits per heavy atom. The largest absolute Gasteiger partial charge is 0.356 e. The van der Waals surface area contributed by atoms with E-state index in [0.29, 0.717) is 11.1 Å². The molecule has 3 aromatic rings. The van der Waals surface area contributed by atoms with Crippen molar-refractivity contribution in [2.75, 3.05) is 0 Å². The summed E-state index contributed by atoms with van der Waals surface area (Å²) in [5.74, 6) is -1.53. The van der Waals surface area contributed by atoms with Crippen LogP contribution in [0.4, 0.5) is 4.39 Å². The van der Waals surface area contributed by atoms with Gasteiger partial charge in [0.25, 0.3) is 0 Å². The van der Waals surface area contributed by atoms with E-state index in [1.807, 2.05) is 48.4 Å². The van der Waals surface area contributed by atoms with Crippen LogP contribution in [0.2, 0.25) is 0 Å². The number of allylic oxidation sites excluding steroid dienone is 1. The van der Waals surface area contributed by atoms with E-state index in [4.69, 9.17) is 0 Å². The molecule has 0 unspecified atom stereocenters. The van der Waals surface area contributed by atoms with Crippen LogP contribution < -0.4 is 0 Å². The van der Waals surface area contributed by atoms with Gasteiger partial charge in [-0.2, -0.15) is 10.5 Å². The van der Waals surface area contributed by atoms with Crippen molar-refractivity contribution in [3.05, 3.63) is 113 Å². The van der Waals surface area contributed by atoms with E-state index in [1.54, 1.807) is 36.4 Å². The van der Waals surface area contributed by atoms with Gasteiger partial charge in [-0.1, -0.05) is 66.7 Å². The van der Waals surface area contributed by atoms with Crippen molar-refractivity contribution in [2.24, 2.45) is 5.41 Å². The van der Waals surface area contributed by atoms with Gasteiger partial charge >= 0.3 is 0 Å². The number of carbonyl (C=O) groups is 1. The fourth-order valence-electron chi connectivity index (χ4n) is 5.43. The molecule has 0 saturated carbocycles. The highest BCUT2D eigenvalue weighted by Gasteiger charge is 2.64. The van der Waals surface area contributed by atoms with Crippen molar-refractivity contribution in [2.45, 2.75) is 24.9 Å². The number of carbonyl (C=O) groups excluding carboxylic acids is 1. The average molecular weight is 433 g/mol. The minimum absolute atomic E-state index is 0.203. The standard InChI is InChI=1S/C28H20FN3O/c1-18-15-32-25(26(33)19-8-3-2-4-9-19)24(20-10-7-11-21(29)14-20)28(16-30,17-31)27(32)23-13-6-5-12-22(18)23/h2-15,24-25,27H,1H3/t24-,25-,27+/m0/s1. The van der Waals surface area contributed by atoms with Gasteiger partial charge in [0.05, 0.1) is 18.2 Å². The lowest BCUT2D eigenvalue weighted by molar-refractivity contribution is 0.0874. The van der Waals surface area contributed by atoms with Crippen LogP contribution in [0.5, 0.6) is 0 Å². The molecular weight excluding hydrogens is 413 g/mol. The number of hydrogen-bond donors (Lipinski definition) is 0. The molecule has 0 spiro atoms. The Morgan fingerprint density at radius 3 is 2.36 bits per heavy atom. The van der Waals surface area contributed by atoms with E-state index in [-0.39, 0.29) is 5.78 Å². The molecule has 2 aliphatic rings. The molecule has 5 heteroatoms. The average Bonchev–Trinajstić information content (AvgIpc) is 3.15. The maximum Gasteiger partial charge on any atom is 0.185 e. The summed E-state index contributed by atoms with van der Waals surface area (Å²) < 4.78 is 14.3. The summed E-state index contributed by atoms with van der Waals surface area (Å²) in [4.78, 5) is 15.8. The summed E-state index contributed by atoms with van der Waals surface area (Å²) in [5, 5.41) is 21.0. The third kappa shape index (κ3) is 2.97. The van der Waals surface area contributed by atoms with Gasteiger partial charge in [-0.15, -0.1) is 0 Å². The third-order valence-electron chi connectivity index (χ3n) is 6.78. The van der Waals surface area contributed by atoms with Gasteiger partial charge < -0.3 is 4.90 Å². The van der Waals surface area contributed by atoms with E-state index >= 15 is 0 Å². The molecule has 0 N–H and O–H groups in total. The molecule has 0 aliphatic carbocycles. The van der Waals surface area contributed by atoms with Gasteiger partial charge in [-0.05, 0) is 41.3 Å².